The molecule has 0 spiro atoms. The highest BCUT2D eigenvalue weighted by Gasteiger charge is 2.56. The first-order chi connectivity index (χ1) is 16.3. The Hall–Kier alpha value is -3.68. The minimum Gasteiger partial charge on any atom is -0.381 e. The summed E-state index contributed by atoms with van der Waals surface area (Å²) < 4.78 is 77.4. The highest BCUT2D eigenvalue weighted by atomic mass is 35.5. The average molecular weight is 520 g/mol. The van der Waals surface area contributed by atoms with Gasteiger partial charge >= 0.3 is 12.4 Å². The lowest BCUT2D eigenvalue weighted by atomic mass is 9.97. The molecule has 1 fully saturated rings. The molecule has 0 radical (unpaired) electrons. The normalized spacial score (nSPS) is 20.6. The summed E-state index contributed by atoms with van der Waals surface area (Å²) in [6, 6.07) is 4.32. The molecular formula is C20H12ClF6N5O3. The monoisotopic (exact) mass is 519 g/mol. The van der Waals surface area contributed by atoms with Gasteiger partial charge in [0.15, 0.2) is 5.82 Å². The number of alkyl halides is 6. The van der Waals surface area contributed by atoms with E-state index < -0.39 is 47.3 Å². The van der Waals surface area contributed by atoms with Gasteiger partial charge in [-0.25, -0.2) is 9.88 Å². The molecule has 1 aromatic carbocycles. The zero-order chi connectivity index (χ0) is 25.7. The smallest absolute Gasteiger partial charge is 0.381 e. The van der Waals surface area contributed by atoms with Gasteiger partial charge in [0.1, 0.15) is 11.6 Å². The quantitative estimate of drug-likeness (QED) is 0.278. The number of nitrogens with zero attached hydrogens (tertiary/aromatic N) is 4. The highest BCUT2D eigenvalue weighted by Crippen LogP contribution is 2.37. The largest absolute Gasteiger partial charge is 0.417 e. The van der Waals surface area contributed by atoms with Gasteiger partial charge in [0.25, 0.3) is 5.91 Å². The van der Waals surface area contributed by atoms with E-state index in [2.05, 4.69) is 20.7 Å². The lowest BCUT2D eigenvalue weighted by molar-refractivity contribution is -0.138. The Labute approximate surface area is 197 Å². The molecule has 35 heavy (non-hydrogen) atoms. The van der Waals surface area contributed by atoms with Gasteiger partial charge in [-0.3, -0.25) is 15.0 Å². The molecular weight excluding hydrogens is 508 g/mol. The molecule has 0 unspecified atom stereocenters. The van der Waals surface area contributed by atoms with Crippen molar-refractivity contribution in [1.29, 1.82) is 0 Å². The second kappa shape index (κ2) is 8.52. The van der Waals surface area contributed by atoms with E-state index in [1.165, 1.54) is 13.0 Å². The van der Waals surface area contributed by atoms with E-state index in [-0.39, 0.29) is 28.0 Å². The van der Waals surface area contributed by atoms with Gasteiger partial charge in [0, 0.05) is 6.20 Å². The number of amides is 2. The Morgan fingerprint density at radius 3 is 2.40 bits per heavy atom. The number of imide groups is 1. The summed E-state index contributed by atoms with van der Waals surface area (Å²) in [5.41, 5.74) is -0.165. The lowest BCUT2D eigenvalue weighted by Crippen LogP contribution is -2.34. The van der Waals surface area contributed by atoms with Crippen LogP contribution in [0.5, 0.6) is 0 Å². The minimum absolute atomic E-state index is 0.00214. The number of hydrazone groups is 1. The van der Waals surface area contributed by atoms with E-state index in [1.807, 2.05) is 0 Å². The van der Waals surface area contributed by atoms with Crippen LogP contribution in [0.15, 0.2) is 46.8 Å². The van der Waals surface area contributed by atoms with Crippen LogP contribution in [0, 0.1) is 5.92 Å². The number of anilines is 2. The van der Waals surface area contributed by atoms with Crippen molar-refractivity contribution in [2.45, 2.75) is 25.4 Å². The molecule has 0 saturated carbocycles. The first-order valence-corrected chi connectivity index (χ1v) is 9.99. The predicted molar refractivity (Wildman–Crippen MR) is 111 cm³/mol. The molecule has 2 aliphatic heterocycles. The number of fused-ring (bicyclic) bond motifs is 1. The number of hydrogen-bond donors (Lipinski definition) is 1. The number of pyridine rings is 1. The van der Waals surface area contributed by atoms with Crippen molar-refractivity contribution >= 4 is 46.3 Å². The first kappa shape index (κ1) is 24.4. The molecule has 4 rings (SSSR count). The average Bonchev–Trinajstić information content (AvgIpc) is 3.31. The third-order valence-corrected chi connectivity index (χ3v) is 5.40. The molecule has 1 saturated heterocycles. The van der Waals surface area contributed by atoms with E-state index in [9.17, 15) is 35.9 Å². The summed E-state index contributed by atoms with van der Waals surface area (Å²) >= 11 is 5.81. The Morgan fingerprint density at radius 1 is 1.09 bits per heavy atom. The Bertz CT molecular complexity index is 1280. The predicted octanol–water partition coefficient (Wildman–Crippen LogP) is 4.50. The fraction of sp³-hybridized carbons (Fsp3) is 0.250. The third-order valence-electron chi connectivity index (χ3n) is 5.11. The summed E-state index contributed by atoms with van der Waals surface area (Å²) in [6.07, 6.45) is -10.2. The maximum atomic E-state index is 13.1. The Kier molecular flexibility index (Phi) is 5.95. The zero-order valence-corrected chi connectivity index (χ0v) is 18.0. The van der Waals surface area contributed by atoms with Crippen molar-refractivity contribution in [3.63, 3.8) is 0 Å². The van der Waals surface area contributed by atoms with E-state index in [4.69, 9.17) is 16.4 Å². The van der Waals surface area contributed by atoms with Crippen LogP contribution in [0.4, 0.5) is 37.8 Å². The number of benzene rings is 1. The van der Waals surface area contributed by atoms with Gasteiger partial charge in [-0.05, 0) is 31.2 Å². The van der Waals surface area contributed by atoms with Crippen molar-refractivity contribution in [1.82, 2.24) is 4.98 Å². The van der Waals surface area contributed by atoms with Crippen molar-refractivity contribution in [3.8, 4) is 0 Å². The summed E-state index contributed by atoms with van der Waals surface area (Å²) in [5, 5.41) is 7.19. The fourth-order valence-corrected chi connectivity index (χ4v) is 3.63. The van der Waals surface area contributed by atoms with E-state index in [0.717, 1.165) is 12.1 Å². The maximum absolute atomic E-state index is 13.1. The molecule has 15 heteroatoms. The van der Waals surface area contributed by atoms with Gasteiger partial charge in [0.2, 0.25) is 12.0 Å². The van der Waals surface area contributed by atoms with Gasteiger partial charge in [-0.15, -0.1) is 0 Å². The highest BCUT2D eigenvalue weighted by molar-refractivity contribution is 6.49. The third kappa shape index (κ3) is 4.52. The SMILES string of the molecule is C/C(=N/Nc1ncc(C(F)(F)F)cc1Cl)C1=NO[C@@H]2C(=O)N(c3cccc(C(F)(F)F)c3)C(=O)[C@@H]12. The topological polar surface area (TPSA) is 96.2 Å². The molecule has 2 aliphatic rings. The molecule has 2 atom stereocenters. The van der Waals surface area contributed by atoms with Crippen molar-refractivity contribution in [2.75, 3.05) is 10.3 Å². The molecule has 1 aromatic heterocycles. The number of carbonyl (C=O) groups excluding carboxylic acids is 2. The van der Waals surface area contributed by atoms with Gasteiger partial charge in [-0.1, -0.05) is 22.8 Å². The number of carbonyl (C=O) groups is 2. The summed E-state index contributed by atoms with van der Waals surface area (Å²) in [7, 11) is 0. The molecule has 2 amide bonds. The molecule has 2 aromatic rings. The van der Waals surface area contributed by atoms with Crippen LogP contribution in [0.1, 0.15) is 18.1 Å². The van der Waals surface area contributed by atoms with Crippen molar-refractivity contribution in [3.05, 3.63) is 52.7 Å². The van der Waals surface area contributed by atoms with Crippen LogP contribution in [0.2, 0.25) is 5.02 Å². The maximum Gasteiger partial charge on any atom is 0.417 e. The van der Waals surface area contributed by atoms with Crippen LogP contribution in [-0.2, 0) is 26.8 Å². The Balaban J connectivity index is 1.55. The number of nitrogens with one attached hydrogen (secondary N) is 1. The lowest BCUT2D eigenvalue weighted by Gasteiger charge is -2.17. The molecule has 3 heterocycles. The number of halogens is 7. The van der Waals surface area contributed by atoms with Crippen LogP contribution >= 0.6 is 11.6 Å². The van der Waals surface area contributed by atoms with E-state index in [1.54, 1.807) is 0 Å². The van der Waals surface area contributed by atoms with Crippen LogP contribution in [-0.4, -0.2) is 34.3 Å². The standard InChI is InChI=1S/C20H12ClF6N5O3/c1-8(29-30-16-12(21)6-10(7-28-16)20(25,26)27)14-13-15(35-31-14)18(34)32(17(13)33)11-4-2-3-9(5-11)19(22,23)24/h2-7,13,15H,1H3,(H,28,30)/b29-8-/t13-,15-/m0/s1. The number of oxime groups is 1. The molecule has 8 nitrogen and oxygen atoms in total. The molecule has 184 valence electrons. The van der Waals surface area contributed by atoms with Crippen LogP contribution < -0.4 is 10.3 Å². The number of aromatic nitrogens is 1. The van der Waals surface area contributed by atoms with Crippen LogP contribution in [0.3, 0.4) is 0 Å². The number of rotatable bonds is 4. The molecule has 1 N–H and O–H groups in total. The zero-order valence-electron chi connectivity index (χ0n) is 17.3. The van der Waals surface area contributed by atoms with E-state index >= 15 is 0 Å². The van der Waals surface area contributed by atoms with Gasteiger partial charge in [-0.2, -0.15) is 31.4 Å². The Morgan fingerprint density at radius 2 is 1.77 bits per heavy atom. The van der Waals surface area contributed by atoms with Gasteiger partial charge in [0.05, 0.1) is 27.5 Å². The first-order valence-electron chi connectivity index (χ1n) is 9.61. The number of hydrogen-bond acceptors (Lipinski definition) is 7. The van der Waals surface area contributed by atoms with Crippen molar-refractivity contribution in [2.24, 2.45) is 16.2 Å². The fourth-order valence-electron chi connectivity index (χ4n) is 3.42. The summed E-state index contributed by atoms with van der Waals surface area (Å²) in [6.45, 7) is 1.36. The minimum atomic E-state index is -4.69. The van der Waals surface area contributed by atoms with Crippen LogP contribution in [0.25, 0.3) is 0 Å². The van der Waals surface area contributed by atoms with E-state index in [0.29, 0.717) is 23.2 Å². The molecule has 0 aliphatic carbocycles. The summed E-state index contributed by atoms with van der Waals surface area (Å²) in [5.74, 6) is -3.31. The molecule has 0 bridgehead atoms. The van der Waals surface area contributed by atoms with Gasteiger partial charge < -0.3 is 4.84 Å². The van der Waals surface area contributed by atoms with Crippen molar-refractivity contribution < 1.29 is 40.8 Å². The second-order valence-corrected chi connectivity index (χ2v) is 7.81. The second-order valence-electron chi connectivity index (χ2n) is 7.40. The summed E-state index contributed by atoms with van der Waals surface area (Å²) in [4.78, 5) is 34.9.